The molecule has 0 radical (unpaired) electrons. The van der Waals surface area contributed by atoms with E-state index in [9.17, 15) is 4.79 Å². The Kier molecular flexibility index (Phi) is 5.05. The van der Waals surface area contributed by atoms with Crippen LogP contribution in [0.15, 0.2) is 28.7 Å². The Balaban J connectivity index is 2.36. The van der Waals surface area contributed by atoms with E-state index in [1.165, 1.54) is 7.11 Å². The van der Waals surface area contributed by atoms with Crippen LogP contribution in [-0.2, 0) is 9.53 Å². The lowest BCUT2D eigenvalue weighted by atomic mass is 9.76. The second-order valence-electron chi connectivity index (χ2n) is 5.13. The lowest BCUT2D eigenvalue weighted by molar-refractivity contribution is -0.149. The van der Waals surface area contributed by atoms with E-state index in [0.29, 0.717) is 0 Å². The van der Waals surface area contributed by atoms with Gasteiger partial charge in [0, 0.05) is 22.6 Å². The van der Waals surface area contributed by atoms with Crippen LogP contribution in [0.5, 0.6) is 0 Å². The molecule has 0 spiro atoms. The van der Waals surface area contributed by atoms with Crippen molar-refractivity contribution < 1.29 is 9.53 Å². The number of hydrogen-bond donors (Lipinski definition) is 2. The Morgan fingerprint density at radius 1 is 1.55 bits per heavy atom. The molecule has 1 aliphatic rings. The summed E-state index contributed by atoms with van der Waals surface area (Å²) in [7, 11) is 1.46. The van der Waals surface area contributed by atoms with E-state index in [2.05, 4.69) is 33.5 Å². The first-order valence-electron chi connectivity index (χ1n) is 6.96. The van der Waals surface area contributed by atoms with Crippen molar-refractivity contribution in [2.45, 2.75) is 25.3 Å². The van der Waals surface area contributed by atoms with E-state index in [1.807, 2.05) is 24.3 Å². The molecule has 2 rings (SSSR count). The van der Waals surface area contributed by atoms with E-state index < -0.39 is 5.54 Å². The van der Waals surface area contributed by atoms with Gasteiger partial charge >= 0.3 is 5.97 Å². The Hall–Kier alpha value is -1.07. The highest BCUT2D eigenvalue weighted by molar-refractivity contribution is 9.10. The number of nitrogens with one attached hydrogen (secondary N) is 2. The van der Waals surface area contributed by atoms with Crippen molar-refractivity contribution in [3.63, 3.8) is 0 Å². The third kappa shape index (κ3) is 2.83. The maximum absolute atomic E-state index is 12.4. The van der Waals surface area contributed by atoms with Crippen molar-refractivity contribution in [1.82, 2.24) is 5.32 Å². The SMILES string of the molecule is CCC1CNCCC1(Nc1ccccc1Br)C(=O)OC. The number of piperidine rings is 1. The van der Waals surface area contributed by atoms with E-state index in [1.54, 1.807) is 0 Å². The number of carbonyl (C=O) groups excluding carboxylic acids is 1. The van der Waals surface area contributed by atoms with Crippen LogP contribution in [0.25, 0.3) is 0 Å². The normalized spacial score (nSPS) is 26.1. The predicted molar refractivity (Wildman–Crippen MR) is 83.8 cm³/mol. The highest BCUT2D eigenvalue weighted by Crippen LogP contribution is 2.34. The second-order valence-corrected chi connectivity index (χ2v) is 5.98. The van der Waals surface area contributed by atoms with Gasteiger partial charge in [0.1, 0.15) is 5.54 Å². The first-order chi connectivity index (χ1) is 9.64. The average Bonchev–Trinajstić information content (AvgIpc) is 2.49. The third-order valence-electron chi connectivity index (χ3n) is 4.06. The summed E-state index contributed by atoms with van der Waals surface area (Å²) < 4.78 is 6.05. The number of benzene rings is 1. The number of ether oxygens (including phenoxy) is 1. The molecule has 5 heteroatoms. The lowest BCUT2D eigenvalue weighted by Crippen LogP contribution is -2.60. The summed E-state index contributed by atoms with van der Waals surface area (Å²) in [5.74, 6) is 0.0254. The molecule has 1 aliphatic heterocycles. The van der Waals surface area contributed by atoms with Crippen LogP contribution in [0, 0.1) is 5.92 Å². The van der Waals surface area contributed by atoms with Gasteiger partial charge in [0.05, 0.1) is 7.11 Å². The molecular weight excluding hydrogens is 320 g/mol. The first-order valence-corrected chi connectivity index (χ1v) is 7.75. The standard InChI is InChI=1S/C15H21BrN2O2/c1-3-11-10-17-9-8-15(11,14(19)20-2)18-13-7-5-4-6-12(13)16/h4-7,11,17-18H,3,8-10H2,1-2H3. The minimum absolute atomic E-state index is 0.179. The molecule has 2 atom stereocenters. The molecule has 0 saturated carbocycles. The second kappa shape index (κ2) is 6.59. The van der Waals surface area contributed by atoms with Crippen molar-refractivity contribution in [1.29, 1.82) is 0 Å². The summed E-state index contributed by atoms with van der Waals surface area (Å²) in [5.41, 5.74) is 0.275. The summed E-state index contributed by atoms with van der Waals surface area (Å²) in [6, 6.07) is 7.86. The van der Waals surface area contributed by atoms with Crippen LogP contribution in [0.2, 0.25) is 0 Å². The smallest absolute Gasteiger partial charge is 0.331 e. The van der Waals surface area contributed by atoms with E-state index in [-0.39, 0.29) is 11.9 Å². The van der Waals surface area contributed by atoms with Crippen molar-refractivity contribution in [2.24, 2.45) is 5.92 Å². The maximum Gasteiger partial charge on any atom is 0.331 e. The summed E-state index contributed by atoms with van der Waals surface area (Å²) in [6.07, 6.45) is 1.64. The van der Waals surface area contributed by atoms with Gasteiger partial charge in [0.25, 0.3) is 0 Å². The quantitative estimate of drug-likeness (QED) is 0.827. The highest BCUT2D eigenvalue weighted by Gasteiger charge is 2.47. The largest absolute Gasteiger partial charge is 0.467 e. The first kappa shape index (κ1) is 15.3. The zero-order valence-electron chi connectivity index (χ0n) is 11.9. The van der Waals surface area contributed by atoms with Crippen LogP contribution in [0.1, 0.15) is 19.8 Å². The molecule has 20 heavy (non-hydrogen) atoms. The van der Waals surface area contributed by atoms with Gasteiger partial charge in [-0.2, -0.15) is 0 Å². The summed E-state index contributed by atoms with van der Waals surface area (Å²) in [6.45, 7) is 3.74. The Labute approximate surface area is 128 Å². The monoisotopic (exact) mass is 340 g/mol. The Morgan fingerprint density at radius 3 is 2.95 bits per heavy atom. The molecule has 0 bridgehead atoms. The van der Waals surface area contributed by atoms with Crippen LogP contribution in [-0.4, -0.2) is 31.7 Å². The van der Waals surface area contributed by atoms with Gasteiger partial charge in [-0.25, -0.2) is 4.79 Å². The fourth-order valence-electron chi connectivity index (χ4n) is 2.90. The van der Waals surface area contributed by atoms with Gasteiger partial charge in [-0.05, 0) is 47.4 Å². The van der Waals surface area contributed by atoms with Gasteiger partial charge < -0.3 is 15.4 Å². The van der Waals surface area contributed by atoms with E-state index in [0.717, 1.165) is 36.1 Å². The van der Waals surface area contributed by atoms with Crippen molar-refractivity contribution in [2.75, 3.05) is 25.5 Å². The van der Waals surface area contributed by atoms with E-state index >= 15 is 0 Å². The molecule has 2 unspecified atom stereocenters. The van der Waals surface area contributed by atoms with Gasteiger partial charge in [0.15, 0.2) is 0 Å². The van der Waals surface area contributed by atoms with Crippen LogP contribution < -0.4 is 10.6 Å². The van der Waals surface area contributed by atoms with Crippen molar-refractivity contribution in [3.05, 3.63) is 28.7 Å². The number of halogens is 1. The third-order valence-corrected chi connectivity index (χ3v) is 4.75. The molecular formula is C15H21BrN2O2. The number of rotatable bonds is 4. The van der Waals surface area contributed by atoms with Crippen LogP contribution >= 0.6 is 15.9 Å². The van der Waals surface area contributed by atoms with Gasteiger partial charge in [-0.1, -0.05) is 19.1 Å². The molecule has 1 saturated heterocycles. The minimum atomic E-state index is -0.654. The summed E-state index contributed by atoms with van der Waals surface area (Å²) in [5, 5.41) is 6.81. The maximum atomic E-state index is 12.4. The van der Waals surface area contributed by atoms with Crippen LogP contribution in [0.4, 0.5) is 5.69 Å². The molecule has 0 aliphatic carbocycles. The van der Waals surface area contributed by atoms with Crippen LogP contribution in [0.3, 0.4) is 0 Å². The highest BCUT2D eigenvalue weighted by atomic mass is 79.9. The molecule has 0 amide bonds. The number of para-hydroxylation sites is 1. The Bertz CT molecular complexity index is 481. The zero-order valence-corrected chi connectivity index (χ0v) is 13.5. The fourth-order valence-corrected chi connectivity index (χ4v) is 3.29. The fraction of sp³-hybridized carbons (Fsp3) is 0.533. The molecule has 1 aromatic carbocycles. The molecule has 1 heterocycles. The number of anilines is 1. The minimum Gasteiger partial charge on any atom is -0.467 e. The van der Waals surface area contributed by atoms with Gasteiger partial charge in [-0.3, -0.25) is 0 Å². The van der Waals surface area contributed by atoms with Crippen molar-refractivity contribution >= 4 is 27.6 Å². The average molecular weight is 341 g/mol. The topological polar surface area (TPSA) is 50.4 Å². The number of carbonyl (C=O) groups is 1. The number of methoxy groups -OCH3 is 1. The van der Waals surface area contributed by atoms with Gasteiger partial charge in [-0.15, -0.1) is 0 Å². The molecule has 1 aromatic rings. The molecule has 0 aromatic heterocycles. The molecule has 110 valence electrons. The Morgan fingerprint density at radius 2 is 2.30 bits per heavy atom. The van der Waals surface area contributed by atoms with E-state index in [4.69, 9.17) is 4.74 Å². The van der Waals surface area contributed by atoms with Gasteiger partial charge in [0.2, 0.25) is 0 Å². The zero-order chi connectivity index (χ0) is 14.6. The van der Waals surface area contributed by atoms with Crippen molar-refractivity contribution in [3.8, 4) is 0 Å². The molecule has 1 fully saturated rings. The number of hydrogen-bond acceptors (Lipinski definition) is 4. The molecule has 4 nitrogen and oxygen atoms in total. The summed E-state index contributed by atoms with van der Waals surface area (Å²) in [4.78, 5) is 12.4. The predicted octanol–water partition coefficient (Wildman–Crippen LogP) is 2.79. The molecule has 2 N–H and O–H groups in total. The number of esters is 1. The summed E-state index contributed by atoms with van der Waals surface area (Å²) >= 11 is 3.53. The lowest BCUT2D eigenvalue weighted by Gasteiger charge is -2.43.